The van der Waals surface area contributed by atoms with Gasteiger partial charge in [0.1, 0.15) is 6.33 Å². The van der Waals surface area contributed by atoms with E-state index in [-0.39, 0.29) is 17.5 Å². The Labute approximate surface area is 96.2 Å². The SMILES string of the molecule is CC1(C(=O)CSc2ncn[nH]2)CCC(=O)O1. The topological polar surface area (TPSA) is 84.9 Å². The minimum absolute atomic E-state index is 0.0975. The fourth-order valence-corrected chi connectivity index (χ4v) is 2.25. The van der Waals surface area contributed by atoms with Crippen LogP contribution in [0.15, 0.2) is 11.5 Å². The fourth-order valence-electron chi connectivity index (χ4n) is 1.44. The quantitative estimate of drug-likeness (QED) is 0.612. The molecular formula is C9H11N3O3S. The lowest BCUT2D eigenvalue weighted by molar-refractivity contribution is -0.154. The second kappa shape index (κ2) is 4.25. The van der Waals surface area contributed by atoms with Gasteiger partial charge in [-0.3, -0.25) is 14.7 Å². The highest BCUT2D eigenvalue weighted by Gasteiger charge is 2.42. The Morgan fingerprint density at radius 1 is 1.75 bits per heavy atom. The molecule has 0 spiro atoms. The summed E-state index contributed by atoms with van der Waals surface area (Å²) in [5.41, 5.74) is -0.954. The summed E-state index contributed by atoms with van der Waals surface area (Å²) in [6.45, 7) is 1.65. The lowest BCUT2D eigenvalue weighted by Crippen LogP contribution is -2.36. The number of Topliss-reactive ketones (excluding diaryl/α,β-unsaturated/α-hetero) is 1. The van der Waals surface area contributed by atoms with Crippen molar-refractivity contribution < 1.29 is 14.3 Å². The highest BCUT2D eigenvalue weighted by molar-refractivity contribution is 7.99. The zero-order chi connectivity index (χ0) is 11.6. The molecule has 1 fully saturated rings. The lowest BCUT2D eigenvalue weighted by atomic mass is 9.98. The summed E-state index contributed by atoms with van der Waals surface area (Å²) in [4.78, 5) is 26.7. The van der Waals surface area contributed by atoms with Gasteiger partial charge in [-0.2, -0.15) is 5.10 Å². The smallest absolute Gasteiger partial charge is 0.306 e. The Hall–Kier alpha value is -1.37. The van der Waals surface area contributed by atoms with Crippen molar-refractivity contribution in [3.63, 3.8) is 0 Å². The summed E-state index contributed by atoms with van der Waals surface area (Å²) < 4.78 is 5.03. The number of nitrogens with one attached hydrogen (secondary N) is 1. The number of aromatic nitrogens is 3. The first-order valence-corrected chi connectivity index (χ1v) is 5.82. The van der Waals surface area contributed by atoms with Crippen LogP contribution in [-0.2, 0) is 14.3 Å². The predicted octanol–water partition coefficient (Wildman–Crippen LogP) is 0.562. The molecule has 6 nitrogen and oxygen atoms in total. The van der Waals surface area contributed by atoms with Gasteiger partial charge in [-0.15, -0.1) is 0 Å². The largest absolute Gasteiger partial charge is 0.451 e. The summed E-state index contributed by atoms with van der Waals surface area (Å²) in [7, 11) is 0. The molecule has 1 unspecified atom stereocenters. The van der Waals surface area contributed by atoms with Crippen LogP contribution in [-0.4, -0.2) is 38.3 Å². The van der Waals surface area contributed by atoms with Crippen LogP contribution in [0.5, 0.6) is 0 Å². The Kier molecular flexibility index (Phi) is 2.95. The summed E-state index contributed by atoms with van der Waals surface area (Å²) in [5.74, 6) is -0.181. The maximum absolute atomic E-state index is 11.8. The molecule has 16 heavy (non-hydrogen) atoms. The van der Waals surface area contributed by atoms with Gasteiger partial charge in [0.05, 0.1) is 5.75 Å². The molecule has 1 atom stereocenters. The predicted molar refractivity (Wildman–Crippen MR) is 55.8 cm³/mol. The third kappa shape index (κ3) is 2.24. The summed E-state index contributed by atoms with van der Waals surface area (Å²) in [6.07, 6.45) is 2.15. The number of carbonyl (C=O) groups excluding carboxylic acids is 2. The Morgan fingerprint density at radius 2 is 2.56 bits per heavy atom. The molecule has 1 N–H and O–H groups in total. The fraction of sp³-hybridized carbons (Fsp3) is 0.556. The maximum atomic E-state index is 11.8. The maximum Gasteiger partial charge on any atom is 0.306 e. The monoisotopic (exact) mass is 241 g/mol. The lowest BCUT2D eigenvalue weighted by Gasteiger charge is -2.19. The van der Waals surface area contributed by atoms with Crippen LogP contribution < -0.4 is 0 Å². The third-order valence-corrected chi connectivity index (χ3v) is 3.34. The molecule has 1 aromatic heterocycles. The first-order valence-electron chi connectivity index (χ1n) is 4.83. The number of H-pyrrole nitrogens is 1. The molecule has 2 heterocycles. The second-order valence-corrected chi connectivity index (χ2v) is 4.67. The van der Waals surface area contributed by atoms with Gasteiger partial charge < -0.3 is 4.74 Å². The van der Waals surface area contributed by atoms with Crippen LogP contribution in [0.1, 0.15) is 19.8 Å². The van der Waals surface area contributed by atoms with E-state index in [4.69, 9.17) is 4.74 Å². The number of hydrogen-bond acceptors (Lipinski definition) is 6. The van der Waals surface area contributed by atoms with Crippen molar-refractivity contribution >= 4 is 23.5 Å². The van der Waals surface area contributed by atoms with Gasteiger partial charge in [0, 0.05) is 12.8 Å². The van der Waals surface area contributed by atoms with E-state index >= 15 is 0 Å². The minimum Gasteiger partial charge on any atom is -0.451 e. The average molecular weight is 241 g/mol. The molecule has 0 aromatic carbocycles. The Morgan fingerprint density at radius 3 is 3.12 bits per heavy atom. The van der Waals surface area contributed by atoms with Crippen LogP contribution in [0, 0.1) is 0 Å². The number of hydrogen-bond donors (Lipinski definition) is 1. The van der Waals surface area contributed by atoms with Crippen molar-refractivity contribution in [3.8, 4) is 0 Å². The van der Waals surface area contributed by atoms with Crippen molar-refractivity contribution in [2.24, 2.45) is 0 Å². The number of nitrogens with zero attached hydrogens (tertiary/aromatic N) is 2. The van der Waals surface area contributed by atoms with E-state index in [0.717, 1.165) is 0 Å². The molecule has 7 heteroatoms. The van der Waals surface area contributed by atoms with E-state index in [1.165, 1.54) is 18.1 Å². The van der Waals surface area contributed by atoms with Gasteiger partial charge in [0.15, 0.2) is 16.5 Å². The molecule has 86 valence electrons. The molecule has 0 bridgehead atoms. The van der Waals surface area contributed by atoms with E-state index in [0.29, 0.717) is 18.0 Å². The number of cyclic esters (lactones) is 1. The van der Waals surface area contributed by atoms with E-state index in [9.17, 15) is 9.59 Å². The number of carbonyl (C=O) groups is 2. The van der Waals surface area contributed by atoms with Crippen molar-refractivity contribution in [2.45, 2.75) is 30.5 Å². The van der Waals surface area contributed by atoms with Crippen LogP contribution in [0.3, 0.4) is 0 Å². The number of thioether (sulfide) groups is 1. The van der Waals surface area contributed by atoms with E-state index in [2.05, 4.69) is 15.2 Å². The minimum atomic E-state index is -0.954. The number of ether oxygens (including phenoxy) is 1. The van der Waals surface area contributed by atoms with Gasteiger partial charge in [0.2, 0.25) is 0 Å². The van der Waals surface area contributed by atoms with Gasteiger partial charge in [-0.05, 0) is 6.92 Å². The van der Waals surface area contributed by atoms with Gasteiger partial charge in [0.25, 0.3) is 0 Å². The van der Waals surface area contributed by atoms with E-state index < -0.39 is 5.60 Å². The van der Waals surface area contributed by atoms with Crippen molar-refractivity contribution in [1.82, 2.24) is 15.2 Å². The molecule has 1 aromatic rings. The number of ketones is 1. The second-order valence-electron chi connectivity index (χ2n) is 3.71. The molecule has 1 aliphatic heterocycles. The number of aromatic amines is 1. The van der Waals surface area contributed by atoms with Crippen LogP contribution in [0.2, 0.25) is 0 Å². The standard InChI is InChI=1S/C9H11N3O3S/c1-9(3-2-7(14)15-9)6(13)4-16-8-10-5-11-12-8/h5H,2-4H2,1H3,(H,10,11,12). The van der Waals surface area contributed by atoms with Crippen LogP contribution in [0.4, 0.5) is 0 Å². The van der Waals surface area contributed by atoms with Crippen molar-refractivity contribution in [3.05, 3.63) is 6.33 Å². The molecule has 0 saturated carbocycles. The Balaban J connectivity index is 1.91. The van der Waals surface area contributed by atoms with Gasteiger partial charge in [-0.1, -0.05) is 11.8 Å². The average Bonchev–Trinajstić information content (AvgIpc) is 2.85. The zero-order valence-corrected chi connectivity index (χ0v) is 9.54. The normalized spacial score (nSPS) is 24.4. The molecule has 2 rings (SSSR count). The molecule has 0 amide bonds. The first kappa shape index (κ1) is 11.1. The van der Waals surface area contributed by atoms with Gasteiger partial charge >= 0.3 is 5.97 Å². The highest BCUT2D eigenvalue weighted by atomic mass is 32.2. The van der Waals surface area contributed by atoms with E-state index in [1.807, 2.05) is 0 Å². The highest BCUT2D eigenvalue weighted by Crippen LogP contribution is 2.28. The molecule has 1 aliphatic rings. The van der Waals surface area contributed by atoms with Gasteiger partial charge in [-0.25, -0.2) is 4.98 Å². The van der Waals surface area contributed by atoms with Crippen LogP contribution in [0.25, 0.3) is 0 Å². The van der Waals surface area contributed by atoms with E-state index in [1.54, 1.807) is 6.92 Å². The van der Waals surface area contributed by atoms with Crippen molar-refractivity contribution in [1.29, 1.82) is 0 Å². The number of rotatable bonds is 4. The first-order chi connectivity index (χ1) is 7.60. The molecule has 0 aliphatic carbocycles. The molecule has 1 saturated heterocycles. The summed E-state index contributed by atoms with van der Waals surface area (Å²) in [5, 5.41) is 6.90. The molecule has 0 radical (unpaired) electrons. The Bertz CT molecular complexity index is 406. The zero-order valence-electron chi connectivity index (χ0n) is 8.73. The summed E-state index contributed by atoms with van der Waals surface area (Å²) in [6, 6.07) is 0. The third-order valence-electron chi connectivity index (χ3n) is 2.47. The number of esters is 1. The van der Waals surface area contributed by atoms with Crippen LogP contribution >= 0.6 is 11.8 Å². The molecular weight excluding hydrogens is 230 g/mol. The van der Waals surface area contributed by atoms with Crippen molar-refractivity contribution in [2.75, 3.05) is 5.75 Å². The summed E-state index contributed by atoms with van der Waals surface area (Å²) >= 11 is 1.25.